The van der Waals surface area contributed by atoms with Crippen LogP contribution in [-0.2, 0) is 0 Å². The van der Waals surface area contributed by atoms with Crippen molar-refractivity contribution < 1.29 is 14.3 Å². The van der Waals surface area contributed by atoms with Gasteiger partial charge in [-0.15, -0.1) is 0 Å². The smallest absolute Gasteiger partial charge is 0.248 e. The summed E-state index contributed by atoms with van der Waals surface area (Å²) in [4.78, 5) is 11.3. The van der Waals surface area contributed by atoms with Gasteiger partial charge in [0, 0.05) is 5.56 Å². The second-order valence-corrected chi connectivity index (χ2v) is 5.95. The summed E-state index contributed by atoms with van der Waals surface area (Å²) in [7, 11) is 0. The number of nitrogens with two attached hydrogens (primary N) is 1. The molecule has 0 radical (unpaired) electrons. The molecule has 134 valence electrons. The average Bonchev–Trinajstić information content (AvgIpc) is 2.58. The zero-order valence-electron chi connectivity index (χ0n) is 14.9. The zero-order chi connectivity index (χ0) is 17.6. The van der Waals surface area contributed by atoms with Crippen LogP contribution in [-0.4, -0.2) is 19.1 Å². The third-order valence-corrected chi connectivity index (χ3v) is 3.84. The van der Waals surface area contributed by atoms with Gasteiger partial charge in [-0.1, -0.05) is 64.5 Å². The maximum atomic E-state index is 11.3. The number of primary amides is 1. The lowest BCUT2D eigenvalue weighted by Gasteiger charge is -2.13. The molecule has 0 saturated carbocycles. The Labute approximate surface area is 146 Å². The number of carbonyl (C=O) groups excluding carboxylic acids is 1. The summed E-state index contributed by atoms with van der Waals surface area (Å²) in [6, 6.07) is 5.02. The van der Waals surface area contributed by atoms with Crippen molar-refractivity contribution in [1.82, 2.24) is 0 Å². The molecule has 0 aliphatic rings. The molecule has 24 heavy (non-hydrogen) atoms. The molecule has 0 aromatic heterocycles. The number of carbonyl (C=O) groups is 1. The first-order chi connectivity index (χ1) is 11.7. The largest absolute Gasteiger partial charge is 0.490 e. The lowest BCUT2D eigenvalue weighted by atomic mass is 10.1. The number of benzene rings is 1. The van der Waals surface area contributed by atoms with Crippen LogP contribution in [0.25, 0.3) is 0 Å². The van der Waals surface area contributed by atoms with Gasteiger partial charge < -0.3 is 15.2 Å². The first-order valence-corrected chi connectivity index (χ1v) is 8.99. The van der Waals surface area contributed by atoms with Gasteiger partial charge in [0.05, 0.1) is 6.61 Å². The monoisotopic (exact) mass is 333 g/mol. The van der Waals surface area contributed by atoms with E-state index >= 15 is 0 Å². The van der Waals surface area contributed by atoms with E-state index in [1.807, 2.05) is 0 Å². The Morgan fingerprint density at radius 1 is 1.04 bits per heavy atom. The minimum Gasteiger partial charge on any atom is -0.490 e. The number of hydrogen-bond donors (Lipinski definition) is 1. The van der Waals surface area contributed by atoms with Gasteiger partial charge in [0.1, 0.15) is 6.61 Å². The number of hydrogen-bond acceptors (Lipinski definition) is 3. The molecule has 0 heterocycles. The molecular formula is C20H31NO3. The second kappa shape index (κ2) is 12.5. The Balaban J connectivity index is 2.35. The first kappa shape index (κ1) is 20.1. The summed E-state index contributed by atoms with van der Waals surface area (Å²) >= 11 is 0. The minimum absolute atomic E-state index is 0.357. The summed E-state index contributed by atoms with van der Waals surface area (Å²) in [5.41, 5.74) is 5.72. The highest BCUT2D eigenvalue weighted by Gasteiger charge is 2.09. The van der Waals surface area contributed by atoms with Gasteiger partial charge in [-0.05, 0) is 24.6 Å². The molecular weight excluding hydrogens is 302 g/mol. The van der Waals surface area contributed by atoms with Crippen LogP contribution in [0.4, 0.5) is 0 Å². The normalized spacial score (nSPS) is 10.4. The number of amides is 1. The molecule has 0 bridgehead atoms. The van der Waals surface area contributed by atoms with E-state index < -0.39 is 5.91 Å². The minimum atomic E-state index is -0.479. The molecule has 0 fully saturated rings. The van der Waals surface area contributed by atoms with E-state index in [-0.39, 0.29) is 0 Å². The highest BCUT2D eigenvalue weighted by molar-refractivity contribution is 5.93. The van der Waals surface area contributed by atoms with Gasteiger partial charge in [0.2, 0.25) is 5.91 Å². The SMILES string of the molecule is C=CCOc1cc(C(N)=O)ccc1OCCCCCCCCCC. The highest BCUT2D eigenvalue weighted by atomic mass is 16.5. The van der Waals surface area contributed by atoms with Crippen LogP contribution in [0.2, 0.25) is 0 Å². The summed E-state index contributed by atoms with van der Waals surface area (Å²) < 4.78 is 11.4. The molecule has 1 aromatic rings. The lowest BCUT2D eigenvalue weighted by Crippen LogP contribution is -2.11. The Morgan fingerprint density at radius 3 is 2.33 bits per heavy atom. The van der Waals surface area contributed by atoms with E-state index in [0.717, 1.165) is 6.42 Å². The molecule has 1 rings (SSSR count). The van der Waals surface area contributed by atoms with Crippen LogP contribution in [0.5, 0.6) is 11.5 Å². The van der Waals surface area contributed by atoms with Gasteiger partial charge in [-0.2, -0.15) is 0 Å². The van der Waals surface area contributed by atoms with Crippen LogP contribution < -0.4 is 15.2 Å². The highest BCUT2D eigenvalue weighted by Crippen LogP contribution is 2.28. The zero-order valence-corrected chi connectivity index (χ0v) is 14.9. The Kier molecular flexibility index (Phi) is 10.4. The molecule has 0 aliphatic carbocycles. The standard InChI is InChI=1S/C20H31NO3/c1-3-5-6-7-8-9-10-11-15-24-18-13-12-17(20(21)22)16-19(18)23-14-4-2/h4,12-13,16H,2-3,5-11,14-15H2,1H3,(H2,21,22). The topological polar surface area (TPSA) is 61.5 Å². The van der Waals surface area contributed by atoms with Crippen molar-refractivity contribution in [2.45, 2.75) is 58.3 Å². The Bertz CT molecular complexity index is 500. The molecule has 4 heteroatoms. The molecule has 0 atom stereocenters. The van der Waals surface area contributed by atoms with Gasteiger partial charge in [-0.25, -0.2) is 0 Å². The van der Waals surface area contributed by atoms with E-state index in [1.54, 1.807) is 24.3 Å². The van der Waals surface area contributed by atoms with Crippen molar-refractivity contribution in [2.24, 2.45) is 5.73 Å². The van der Waals surface area contributed by atoms with Crippen molar-refractivity contribution >= 4 is 5.91 Å². The summed E-state index contributed by atoms with van der Waals surface area (Å²) in [6.07, 6.45) is 11.7. The summed E-state index contributed by atoms with van der Waals surface area (Å²) in [5, 5.41) is 0. The molecule has 1 amide bonds. The van der Waals surface area contributed by atoms with Crippen molar-refractivity contribution in [1.29, 1.82) is 0 Å². The van der Waals surface area contributed by atoms with Gasteiger partial charge in [0.15, 0.2) is 11.5 Å². The molecule has 0 spiro atoms. The lowest BCUT2D eigenvalue weighted by molar-refractivity contribution is 0.1000. The van der Waals surface area contributed by atoms with E-state index in [4.69, 9.17) is 15.2 Å². The molecule has 0 unspecified atom stereocenters. The van der Waals surface area contributed by atoms with Gasteiger partial charge in [0.25, 0.3) is 0 Å². The molecule has 1 aromatic carbocycles. The maximum Gasteiger partial charge on any atom is 0.248 e. The van der Waals surface area contributed by atoms with Crippen molar-refractivity contribution in [3.05, 3.63) is 36.4 Å². The van der Waals surface area contributed by atoms with E-state index in [1.165, 1.54) is 44.9 Å². The average molecular weight is 333 g/mol. The van der Waals surface area contributed by atoms with E-state index in [2.05, 4.69) is 13.5 Å². The number of ether oxygens (including phenoxy) is 2. The first-order valence-electron chi connectivity index (χ1n) is 8.99. The van der Waals surface area contributed by atoms with Crippen LogP contribution in [0.1, 0.15) is 68.6 Å². The van der Waals surface area contributed by atoms with Crippen molar-refractivity contribution in [3.63, 3.8) is 0 Å². The fraction of sp³-hybridized carbons (Fsp3) is 0.550. The third-order valence-electron chi connectivity index (χ3n) is 3.84. The number of rotatable bonds is 14. The number of unbranched alkanes of at least 4 members (excludes halogenated alkanes) is 7. The van der Waals surface area contributed by atoms with E-state index in [9.17, 15) is 4.79 Å². The van der Waals surface area contributed by atoms with Crippen molar-refractivity contribution in [2.75, 3.05) is 13.2 Å². The molecule has 0 saturated heterocycles. The summed E-state index contributed by atoms with van der Waals surface area (Å²) in [6.45, 7) is 6.87. The quantitative estimate of drug-likeness (QED) is 0.390. The molecule has 0 aliphatic heterocycles. The van der Waals surface area contributed by atoms with E-state index in [0.29, 0.717) is 30.3 Å². The molecule has 4 nitrogen and oxygen atoms in total. The third kappa shape index (κ3) is 8.04. The van der Waals surface area contributed by atoms with Crippen LogP contribution >= 0.6 is 0 Å². The maximum absolute atomic E-state index is 11.3. The second-order valence-electron chi connectivity index (χ2n) is 5.95. The Hall–Kier alpha value is -1.97. The fourth-order valence-electron chi connectivity index (χ4n) is 2.46. The summed E-state index contributed by atoms with van der Waals surface area (Å²) in [5.74, 6) is 0.698. The predicted octanol–water partition coefficient (Wildman–Crippen LogP) is 4.87. The van der Waals surface area contributed by atoms with Crippen LogP contribution in [0.15, 0.2) is 30.9 Å². The van der Waals surface area contributed by atoms with Crippen LogP contribution in [0, 0.1) is 0 Å². The van der Waals surface area contributed by atoms with Crippen molar-refractivity contribution in [3.8, 4) is 11.5 Å². The predicted molar refractivity (Wildman–Crippen MR) is 98.8 cm³/mol. The van der Waals surface area contributed by atoms with Gasteiger partial charge in [-0.3, -0.25) is 4.79 Å². The Morgan fingerprint density at radius 2 is 1.71 bits per heavy atom. The van der Waals surface area contributed by atoms with Gasteiger partial charge >= 0.3 is 0 Å². The van der Waals surface area contributed by atoms with Crippen LogP contribution in [0.3, 0.4) is 0 Å². The fourth-order valence-corrected chi connectivity index (χ4v) is 2.46. The molecule has 2 N–H and O–H groups in total.